The number of ether oxygens (including phenoxy) is 1. The fourth-order valence-electron chi connectivity index (χ4n) is 2.43. The molecule has 1 heterocycles. The average Bonchev–Trinajstić information content (AvgIpc) is 3.04. The third kappa shape index (κ3) is 3.72. The summed E-state index contributed by atoms with van der Waals surface area (Å²) >= 11 is 6.09. The van der Waals surface area contributed by atoms with Crippen molar-refractivity contribution in [2.45, 2.75) is 20.3 Å². The van der Waals surface area contributed by atoms with Crippen molar-refractivity contribution < 1.29 is 9.53 Å². The van der Waals surface area contributed by atoms with E-state index in [0.717, 1.165) is 12.0 Å². The summed E-state index contributed by atoms with van der Waals surface area (Å²) in [7, 11) is 0. The zero-order chi connectivity index (χ0) is 17.8. The van der Waals surface area contributed by atoms with Gasteiger partial charge in [-0.25, -0.2) is 0 Å². The number of benzene rings is 2. The molecule has 0 bridgehead atoms. The van der Waals surface area contributed by atoms with Crippen LogP contribution < -0.4 is 4.74 Å². The lowest BCUT2D eigenvalue weighted by Crippen LogP contribution is -2.16. The van der Waals surface area contributed by atoms with Gasteiger partial charge in [-0.05, 0) is 37.1 Å². The maximum absolute atomic E-state index is 13.0. The van der Waals surface area contributed by atoms with Gasteiger partial charge in [0.1, 0.15) is 0 Å². The Morgan fingerprint density at radius 1 is 1.20 bits per heavy atom. The van der Waals surface area contributed by atoms with Crippen LogP contribution in [0.2, 0.25) is 5.02 Å². The van der Waals surface area contributed by atoms with Crippen molar-refractivity contribution >= 4 is 17.5 Å². The molecule has 0 radical (unpaired) electrons. The van der Waals surface area contributed by atoms with Crippen molar-refractivity contribution in [3.63, 3.8) is 0 Å². The molecule has 0 aliphatic carbocycles. The van der Waals surface area contributed by atoms with E-state index in [0.29, 0.717) is 28.6 Å². The van der Waals surface area contributed by atoms with Crippen molar-refractivity contribution in [1.29, 1.82) is 0 Å². The summed E-state index contributed by atoms with van der Waals surface area (Å²) in [5.41, 5.74) is 2.14. The van der Waals surface area contributed by atoms with Crippen molar-refractivity contribution in [3.05, 3.63) is 64.7 Å². The van der Waals surface area contributed by atoms with E-state index in [9.17, 15) is 4.79 Å². The van der Waals surface area contributed by atoms with Crippen molar-refractivity contribution in [1.82, 2.24) is 14.8 Å². The van der Waals surface area contributed by atoms with E-state index in [4.69, 9.17) is 16.3 Å². The van der Waals surface area contributed by atoms with Gasteiger partial charge in [-0.1, -0.05) is 48.9 Å². The summed E-state index contributed by atoms with van der Waals surface area (Å²) in [6.07, 6.45) is 0.826. The van der Waals surface area contributed by atoms with Crippen LogP contribution in [0.15, 0.2) is 48.5 Å². The molecule has 0 aliphatic rings. The first-order valence-corrected chi connectivity index (χ1v) is 8.44. The first kappa shape index (κ1) is 17.2. The first-order chi connectivity index (χ1) is 12.1. The Hall–Kier alpha value is -2.66. The molecule has 0 saturated heterocycles. The molecule has 1 aromatic heterocycles. The topological polar surface area (TPSA) is 57.0 Å². The Bertz CT molecular complexity index is 905. The van der Waals surface area contributed by atoms with Crippen molar-refractivity contribution in [2.75, 3.05) is 6.61 Å². The van der Waals surface area contributed by atoms with Gasteiger partial charge in [0.05, 0.1) is 6.61 Å². The van der Waals surface area contributed by atoms with E-state index in [1.54, 1.807) is 18.2 Å². The fourth-order valence-corrected chi connectivity index (χ4v) is 2.62. The molecule has 0 N–H and O–H groups in total. The van der Waals surface area contributed by atoms with Crippen LogP contribution in [0, 0.1) is 6.92 Å². The van der Waals surface area contributed by atoms with E-state index >= 15 is 0 Å². The zero-order valence-corrected chi connectivity index (χ0v) is 14.8. The van der Waals surface area contributed by atoms with E-state index in [-0.39, 0.29) is 11.9 Å². The first-order valence-electron chi connectivity index (χ1n) is 8.06. The molecule has 25 heavy (non-hydrogen) atoms. The number of aromatic nitrogens is 3. The molecule has 6 heteroatoms. The molecule has 2 aromatic carbocycles. The van der Waals surface area contributed by atoms with Crippen molar-refractivity contribution in [3.8, 4) is 17.4 Å². The quantitative estimate of drug-likeness (QED) is 0.681. The number of hydrogen-bond donors (Lipinski definition) is 0. The second-order valence-corrected chi connectivity index (χ2v) is 6.05. The normalized spacial score (nSPS) is 10.7. The Balaban J connectivity index is 2.09. The van der Waals surface area contributed by atoms with Crippen LogP contribution >= 0.6 is 11.6 Å². The minimum Gasteiger partial charge on any atom is -0.462 e. The minimum absolute atomic E-state index is 0.179. The van der Waals surface area contributed by atoms with Gasteiger partial charge in [0.25, 0.3) is 5.91 Å². The van der Waals surface area contributed by atoms with Gasteiger partial charge < -0.3 is 4.74 Å². The Morgan fingerprint density at radius 3 is 2.72 bits per heavy atom. The second-order valence-electron chi connectivity index (χ2n) is 5.61. The summed E-state index contributed by atoms with van der Waals surface area (Å²) < 4.78 is 6.79. The third-order valence-electron chi connectivity index (χ3n) is 3.67. The highest BCUT2D eigenvalue weighted by atomic mass is 35.5. The van der Waals surface area contributed by atoms with Gasteiger partial charge in [0.15, 0.2) is 5.82 Å². The van der Waals surface area contributed by atoms with Crippen LogP contribution in [-0.4, -0.2) is 27.3 Å². The molecule has 0 amide bonds. The lowest BCUT2D eigenvalue weighted by Gasteiger charge is -2.07. The molecule has 3 rings (SSSR count). The number of carbonyl (C=O) groups excluding carboxylic acids is 1. The lowest BCUT2D eigenvalue weighted by atomic mass is 10.1. The molecule has 0 aliphatic heterocycles. The molecule has 0 fully saturated rings. The maximum atomic E-state index is 13.0. The van der Waals surface area contributed by atoms with Crippen LogP contribution in [0.25, 0.3) is 11.4 Å². The van der Waals surface area contributed by atoms with Gasteiger partial charge in [0.2, 0.25) is 0 Å². The lowest BCUT2D eigenvalue weighted by molar-refractivity contribution is 0.0944. The van der Waals surface area contributed by atoms with Gasteiger partial charge in [-0.15, -0.1) is 5.10 Å². The Labute approximate surface area is 151 Å². The summed E-state index contributed by atoms with van der Waals surface area (Å²) in [5.74, 6) is 0.147. The van der Waals surface area contributed by atoms with Gasteiger partial charge in [-0.3, -0.25) is 4.79 Å². The van der Waals surface area contributed by atoms with Crippen LogP contribution in [0.4, 0.5) is 0 Å². The molecule has 3 aromatic rings. The third-order valence-corrected chi connectivity index (χ3v) is 3.91. The van der Waals surface area contributed by atoms with E-state index < -0.39 is 0 Å². The smallest absolute Gasteiger partial charge is 0.336 e. The van der Waals surface area contributed by atoms with Gasteiger partial charge >= 0.3 is 6.01 Å². The minimum atomic E-state index is -0.257. The van der Waals surface area contributed by atoms with Gasteiger partial charge in [0, 0.05) is 16.1 Å². The van der Waals surface area contributed by atoms with E-state index in [1.807, 2.05) is 44.2 Å². The van der Waals surface area contributed by atoms with Crippen LogP contribution in [-0.2, 0) is 0 Å². The second kappa shape index (κ2) is 7.49. The largest absolute Gasteiger partial charge is 0.462 e. The number of aryl methyl sites for hydroxylation is 1. The van der Waals surface area contributed by atoms with Crippen LogP contribution in [0.1, 0.15) is 29.3 Å². The molecule has 0 saturated carbocycles. The van der Waals surface area contributed by atoms with Gasteiger partial charge in [-0.2, -0.15) is 9.67 Å². The highest BCUT2D eigenvalue weighted by Crippen LogP contribution is 2.24. The molecule has 0 atom stereocenters. The number of halogens is 1. The SMILES string of the molecule is CCCOc1nc(-c2cccc(Cl)c2)n(C(=O)c2ccccc2C)n1. The average molecular weight is 356 g/mol. The van der Waals surface area contributed by atoms with Crippen molar-refractivity contribution in [2.24, 2.45) is 0 Å². The maximum Gasteiger partial charge on any atom is 0.336 e. The zero-order valence-electron chi connectivity index (χ0n) is 14.1. The molecule has 0 unspecified atom stereocenters. The monoisotopic (exact) mass is 355 g/mol. The van der Waals surface area contributed by atoms with E-state index in [2.05, 4.69) is 10.1 Å². The molecule has 128 valence electrons. The van der Waals surface area contributed by atoms with Crippen LogP contribution in [0.5, 0.6) is 6.01 Å². The predicted molar refractivity (Wildman–Crippen MR) is 97.2 cm³/mol. The highest BCUT2D eigenvalue weighted by molar-refractivity contribution is 6.30. The number of rotatable bonds is 5. The van der Waals surface area contributed by atoms with Crippen LogP contribution in [0.3, 0.4) is 0 Å². The summed E-state index contributed by atoms with van der Waals surface area (Å²) in [6.45, 7) is 4.36. The Morgan fingerprint density at radius 2 is 2.00 bits per heavy atom. The Kier molecular flexibility index (Phi) is 5.14. The highest BCUT2D eigenvalue weighted by Gasteiger charge is 2.21. The fraction of sp³-hybridized carbons (Fsp3) is 0.211. The predicted octanol–water partition coefficient (Wildman–Crippen LogP) is 4.38. The summed E-state index contributed by atoms with van der Waals surface area (Å²) in [4.78, 5) is 17.4. The number of nitrogens with zero attached hydrogens (tertiary/aromatic N) is 3. The standard InChI is InChI=1S/C19H18ClN3O2/c1-3-11-25-19-21-17(14-8-6-9-15(20)12-14)23(22-19)18(24)16-10-5-4-7-13(16)2/h4-10,12H,3,11H2,1-2H3. The molecule has 0 spiro atoms. The molecular weight excluding hydrogens is 338 g/mol. The number of carbonyl (C=O) groups is 1. The number of hydrogen-bond acceptors (Lipinski definition) is 4. The summed E-state index contributed by atoms with van der Waals surface area (Å²) in [6, 6.07) is 14.7. The molecular formula is C19H18ClN3O2. The van der Waals surface area contributed by atoms with E-state index in [1.165, 1.54) is 4.68 Å². The molecule has 5 nitrogen and oxygen atoms in total. The summed E-state index contributed by atoms with van der Waals surface area (Å²) in [5, 5.41) is 4.82.